The maximum Gasteiger partial charge on any atom is 0.418 e. The van der Waals surface area contributed by atoms with Crippen LogP contribution in [0, 0.1) is 18.3 Å². The van der Waals surface area contributed by atoms with Crippen LogP contribution >= 0.6 is 0 Å². The summed E-state index contributed by atoms with van der Waals surface area (Å²) >= 11 is 0. The first-order valence-corrected chi connectivity index (χ1v) is 8.66. The number of nitriles is 1. The zero-order valence-electron chi connectivity index (χ0n) is 15.4. The molecule has 0 saturated carbocycles. The molecule has 2 aromatic rings. The summed E-state index contributed by atoms with van der Waals surface area (Å²) in [6.07, 6.45) is -2.35. The third-order valence-corrected chi connectivity index (χ3v) is 4.22. The molecule has 0 aliphatic heterocycles. The number of aromatic hydroxyl groups is 1. The highest BCUT2D eigenvalue weighted by Gasteiger charge is 2.33. The van der Waals surface area contributed by atoms with Gasteiger partial charge in [0.15, 0.2) is 5.69 Å². The number of aromatic nitrogens is 1. The van der Waals surface area contributed by atoms with Gasteiger partial charge < -0.3 is 5.11 Å². The lowest BCUT2D eigenvalue weighted by Crippen LogP contribution is -2.22. The van der Waals surface area contributed by atoms with Crippen molar-refractivity contribution >= 4 is 11.4 Å². The summed E-state index contributed by atoms with van der Waals surface area (Å²) in [7, 11) is 0. The van der Waals surface area contributed by atoms with Crippen molar-refractivity contribution in [2.45, 2.75) is 45.8 Å². The Morgan fingerprint density at radius 2 is 1.89 bits per heavy atom. The van der Waals surface area contributed by atoms with Crippen LogP contribution in [-0.4, -0.2) is 9.67 Å². The highest BCUT2D eigenvalue weighted by Crippen LogP contribution is 2.37. The predicted molar refractivity (Wildman–Crippen MR) is 97.0 cm³/mol. The highest BCUT2D eigenvalue weighted by molar-refractivity contribution is 5.57. The van der Waals surface area contributed by atoms with E-state index in [9.17, 15) is 28.3 Å². The van der Waals surface area contributed by atoms with Gasteiger partial charge in [0.2, 0.25) is 5.88 Å². The average molecular weight is 392 g/mol. The number of benzene rings is 1. The van der Waals surface area contributed by atoms with E-state index in [1.807, 2.05) is 6.92 Å². The van der Waals surface area contributed by atoms with Crippen LogP contribution in [0.2, 0.25) is 0 Å². The third kappa shape index (κ3) is 4.39. The number of unbranched alkanes of at least 4 members (excludes halogenated alkanes) is 2. The highest BCUT2D eigenvalue weighted by atomic mass is 19.4. The predicted octanol–water partition coefficient (Wildman–Crippen LogP) is 5.36. The third-order valence-electron chi connectivity index (χ3n) is 4.22. The Kier molecular flexibility index (Phi) is 6.57. The molecule has 0 atom stereocenters. The van der Waals surface area contributed by atoms with Gasteiger partial charge in [0.1, 0.15) is 11.6 Å². The number of alkyl halides is 3. The van der Waals surface area contributed by atoms with Crippen molar-refractivity contribution < 1.29 is 18.3 Å². The fourth-order valence-corrected chi connectivity index (χ4v) is 2.69. The fourth-order valence-electron chi connectivity index (χ4n) is 2.69. The second-order valence-corrected chi connectivity index (χ2v) is 6.16. The van der Waals surface area contributed by atoms with E-state index in [1.165, 1.54) is 19.1 Å². The number of halogens is 3. The topological polar surface area (TPSA) is 90.7 Å². The molecular formula is C19H19F3N4O2. The Morgan fingerprint density at radius 1 is 1.21 bits per heavy atom. The first-order valence-electron chi connectivity index (χ1n) is 8.66. The summed E-state index contributed by atoms with van der Waals surface area (Å²) in [6, 6.07) is 6.40. The molecule has 2 rings (SSSR count). The number of hydrogen-bond acceptors (Lipinski definition) is 5. The number of nitrogens with zero attached hydrogens (tertiary/aromatic N) is 4. The molecule has 1 aromatic heterocycles. The van der Waals surface area contributed by atoms with E-state index in [2.05, 4.69) is 10.2 Å². The lowest BCUT2D eigenvalue weighted by atomic mass is 10.1. The molecule has 0 aliphatic rings. The molecule has 0 fully saturated rings. The van der Waals surface area contributed by atoms with Gasteiger partial charge in [-0.05, 0) is 25.5 Å². The van der Waals surface area contributed by atoms with Gasteiger partial charge in [0, 0.05) is 12.1 Å². The van der Waals surface area contributed by atoms with Crippen LogP contribution in [-0.2, 0) is 12.7 Å². The van der Waals surface area contributed by atoms with Crippen LogP contribution in [0.1, 0.15) is 42.9 Å². The van der Waals surface area contributed by atoms with E-state index in [0.717, 1.165) is 29.5 Å². The number of hydrogen-bond donors (Lipinski definition) is 1. The van der Waals surface area contributed by atoms with Gasteiger partial charge >= 0.3 is 6.18 Å². The van der Waals surface area contributed by atoms with Crippen LogP contribution in [0.15, 0.2) is 39.3 Å². The Bertz CT molecular complexity index is 988. The minimum absolute atomic E-state index is 0.0602. The molecule has 0 saturated heterocycles. The molecule has 28 heavy (non-hydrogen) atoms. The second kappa shape index (κ2) is 8.69. The molecule has 1 aromatic carbocycles. The maximum absolute atomic E-state index is 13.1. The number of azo groups is 1. The van der Waals surface area contributed by atoms with Crippen molar-refractivity contribution in [2.75, 3.05) is 0 Å². The Balaban J connectivity index is 2.58. The summed E-state index contributed by atoms with van der Waals surface area (Å²) in [4.78, 5) is 12.7. The molecule has 0 radical (unpaired) electrons. The van der Waals surface area contributed by atoms with E-state index in [-0.39, 0.29) is 23.4 Å². The van der Waals surface area contributed by atoms with Gasteiger partial charge in [-0.2, -0.15) is 18.4 Å². The molecule has 0 aliphatic carbocycles. The molecule has 0 amide bonds. The van der Waals surface area contributed by atoms with Crippen molar-refractivity contribution in [3.63, 3.8) is 0 Å². The first-order chi connectivity index (χ1) is 13.2. The largest absolute Gasteiger partial charge is 0.493 e. The standard InChI is InChI=1S/C19H19F3N4O2/c1-3-4-7-10-26-17(27)13(11-23)12(2)16(18(26)28)25-24-15-9-6-5-8-14(15)19(20,21)22/h5-6,8-9,27H,3-4,7,10H2,1-2H3. The lowest BCUT2D eigenvalue weighted by molar-refractivity contribution is -0.137. The Labute approximate surface area is 159 Å². The minimum atomic E-state index is -4.63. The smallest absolute Gasteiger partial charge is 0.418 e. The van der Waals surface area contributed by atoms with Gasteiger partial charge in [-0.1, -0.05) is 31.9 Å². The molecular weight excluding hydrogens is 373 g/mol. The molecule has 0 bridgehead atoms. The monoisotopic (exact) mass is 392 g/mol. The van der Waals surface area contributed by atoms with Gasteiger partial charge in [-0.25, -0.2) is 0 Å². The number of pyridine rings is 1. The van der Waals surface area contributed by atoms with Crippen LogP contribution in [0.25, 0.3) is 0 Å². The summed E-state index contributed by atoms with van der Waals surface area (Å²) in [5.74, 6) is -0.476. The molecule has 0 unspecified atom stereocenters. The summed E-state index contributed by atoms with van der Waals surface area (Å²) in [6.45, 7) is 3.52. The van der Waals surface area contributed by atoms with E-state index >= 15 is 0 Å². The van der Waals surface area contributed by atoms with Crippen molar-refractivity contribution in [3.8, 4) is 11.9 Å². The fraction of sp³-hybridized carbons (Fsp3) is 0.368. The minimum Gasteiger partial charge on any atom is -0.493 e. The van der Waals surface area contributed by atoms with Gasteiger partial charge in [-0.3, -0.25) is 9.36 Å². The second-order valence-electron chi connectivity index (χ2n) is 6.16. The summed E-state index contributed by atoms with van der Waals surface area (Å²) < 4.78 is 40.3. The Hall–Kier alpha value is -3.15. The van der Waals surface area contributed by atoms with Gasteiger partial charge in [0.25, 0.3) is 5.56 Å². The molecule has 9 heteroatoms. The lowest BCUT2D eigenvalue weighted by Gasteiger charge is -2.13. The van der Waals surface area contributed by atoms with E-state index in [0.29, 0.717) is 6.42 Å². The van der Waals surface area contributed by atoms with Crippen LogP contribution in [0.4, 0.5) is 24.5 Å². The van der Waals surface area contributed by atoms with Crippen molar-refractivity contribution in [1.82, 2.24) is 4.57 Å². The molecule has 148 valence electrons. The van der Waals surface area contributed by atoms with Crippen molar-refractivity contribution in [3.05, 3.63) is 51.3 Å². The van der Waals surface area contributed by atoms with Gasteiger partial charge in [0.05, 0.1) is 11.3 Å². The van der Waals surface area contributed by atoms with Crippen LogP contribution in [0.3, 0.4) is 0 Å². The molecule has 1 N–H and O–H groups in total. The van der Waals surface area contributed by atoms with E-state index < -0.39 is 28.9 Å². The SMILES string of the molecule is CCCCCn1c(O)c(C#N)c(C)c(N=Nc2ccccc2C(F)(F)F)c1=O. The van der Waals surface area contributed by atoms with Crippen molar-refractivity contribution in [1.29, 1.82) is 5.26 Å². The van der Waals surface area contributed by atoms with E-state index in [1.54, 1.807) is 6.07 Å². The molecule has 0 spiro atoms. The number of rotatable bonds is 6. The zero-order chi connectivity index (χ0) is 20.9. The van der Waals surface area contributed by atoms with E-state index in [4.69, 9.17) is 0 Å². The Morgan fingerprint density at radius 3 is 2.50 bits per heavy atom. The quantitative estimate of drug-likeness (QED) is 0.530. The van der Waals surface area contributed by atoms with Crippen LogP contribution in [0.5, 0.6) is 5.88 Å². The van der Waals surface area contributed by atoms with Crippen LogP contribution < -0.4 is 5.56 Å². The average Bonchev–Trinajstić information content (AvgIpc) is 2.64. The normalized spacial score (nSPS) is 11.7. The molecule has 1 heterocycles. The maximum atomic E-state index is 13.1. The first kappa shape index (κ1) is 21.2. The summed E-state index contributed by atoms with van der Waals surface area (Å²) in [5, 5.41) is 26.9. The summed E-state index contributed by atoms with van der Waals surface area (Å²) in [5.41, 5.74) is -2.52. The van der Waals surface area contributed by atoms with Crippen molar-refractivity contribution in [2.24, 2.45) is 10.2 Å². The van der Waals surface area contributed by atoms with Gasteiger partial charge in [-0.15, -0.1) is 10.2 Å². The molecule has 6 nitrogen and oxygen atoms in total. The zero-order valence-corrected chi connectivity index (χ0v) is 15.4.